The van der Waals surface area contributed by atoms with E-state index in [0.717, 1.165) is 30.0 Å². The number of amides is 1. The van der Waals surface area contributed by atoms with Crippen LogP contribution in [0.2, 0.25) is 0 Å². The van der Waals surface area contributed by atoms with Crippen molar-refractivity contribution in [1.82, 2.24) is 5.32 Å². The molecule has 0 bridgehead atoms. The zero-order chi connectivity index (χ0) is 13.5. The van der Waals surface area contributed by atoms with E-state index in [2.05, 4.69) is 5.32 Å². The Morgan fingerprint density at radius 2 is 2.21 bits per heavy atom. The third kappa shape index (κ3) is 2.10. The lowest BCUT2D eigenvalue weighted by Gasteiger charge is -2.44. The molecule has 1 saturated carbocycles. The fourth-order valence-corrected chi connectivity index (χ4v) is 3.35. The summed E-state index contributed by atoms with van der Waals surface area (Å²) in [6.45, 7) is 1.82. The van der Waals surface area contributed by atoms with E-state index in [4.69, 9.17) is 5.73 Å². The molecule has 0 aromatic heterocycles. The van der Waals surface area contributed by atoms with Gasteiger partial charge in [-0.2, -0.15) is 0 Å². The number of nitrogen functional groups attached to an aromatic ring is 1. The van der Waals surface area contributed by atoms with Gasteiger partial charge in [0, 0.05) is 29.9 Å². The van der Waals surface area contributed by atoms with Crippen LogP contribution < -0.4 is 16.0 Å². The number of hydrogen-bond donors (Lipinski definition) is 2. The Morgan fingerprint density at radius 3 is 2.84 bits per heavy atom. The molecule has 1 aromatic rings. The molecular weight excluding hydrogens is 238 g/mol. The molecule has 1 heterocycles. The highest BCUT2D eigenvalue weighted by Gasteiger charge is 2.41. The van der Waals surface area contributed by atoms with Crippen molar-refractivity contribution in [3.8, 4) is 0 Å². The van der Waals surface area contributed by atoms with E-state index in [1.165, 1.54) is 19.3 Å². The number of nitrogens with two attached hydrogens (primary N) is 1. The van der Waals surface area contributed by atoms with Crippen molar-refractivity contribution in [3.63, 3.8) is 0 Å². The van der Waals surface area contributed by atoms with Gasteiger partial charge in [-0.15, -0.1) is 0 Å². The summed E-state index contributed by atoms with van der Waals surface area (Å²) in [4.78, 5) is 14.2. The number of fused-ring (bicyclic) bond motifs is 1. The Hall–Kier alpha value is -1.55. The van der Waals surface area contributed by atoms with E-state index in [-0.39, 0.29) is 11.3 Å². The summed E-state index contributed by atoms with van der Waals surface area (Å²) in [7, 11) is 1.99. The number of carbonyl (C=O) groups is 1. The summed E-state index contributed by atoms with van der Waals surface area (Å²) in [6, 6.07) is 5.80. The fraction of sp³-hybridized carbons (Fsp3) is 0.533. The van der Waals surface area contributed by atoms with Crippen molar-refractivity contribution in [1.29, 1.82) is 0 Å². The van der Waals surface area contributed by atoms with Crippen molar-refractivity contribution >= 4 is 17.3 Å². The van der Waals surface area contributed by atoms with Crippen molar-refractivity contribution < 1.29 is 4.79 Å². The molecule has 1 aliphatic heterocycles. The first kappa shape index (κ1) is 12.5. The third-order valence-electron chi connectivity index (χ3n) is 4.50. The van der Waals surface area contributed by atoms with Crippen molar-refractivity contribution in [3.05, 3.63) is 23.8 Å². The molecule has 1 aliphatic carbocycles. The van der Waals surface area contributed by atoms with Gasteiger partial charge in [-0.25, -0.2) is 0 Å². The van der Waals surface area contributed by atoms with E-state index in [1.54, 1.807) is 0 Å². The van der Waals surface area contributed by atoms with Crippen LogP contribution in [0.3, 0.4) is 0 Å². The Bertz CT molecular complexity index is 508. The van der Waals surface area contributed by atoms with Gasteiger partial charge >= 0.3 is 0 Å². The molecule has 1 aromatic carbocycles. The van der Waals surface area contributed by atoms with E-state index in [0.29, 0.717) is 6.42 Å². The topological polar surface area (TPSA) is 58.4 Å². The van der Waals surface area contributed by atoms with Gasteiger partial charge in [0.25, 0.3) is 0 Å². The van der Waals surface area contributed by atoms with Gasteiger partial charge in [0.1, 0.15) is 0 Å². The van der Waals surface area contributed by atoms with Crippen LogP contribution in [-0.4, -0.2) is 26.0 Å². The molecule has 2 aliphatic rings. The lowest BCUT2D eigenvalue weighted by molar-refractivity contribution is -0.117. The van der Waals surface area contributed by atoms with Gasteiger partial charge in [-0.3, -0.25) is 4.79 Å². The van der Waals surface area contributed by atoms with Gasteiger partial charge < -0.3 is 16.0 Å². The molecule has 0 unspecified atom stereocenters. The lowest BCUT2D eigenvalue weighted by Crippen LogP contribution is -2.48. The molecule has 1 fully saturated rings. The maximum Gasteiger partial charge on any atom is 0.231 e. The van der Waals surface area contributed by atoms with E-state index in [1.807, 2.05) is 30.1 Å². The predicted octanol–water partition coefficient (Wildman–Crippen LogP) is 1.55. The summed E-state index contributed by atoms with van der Waals surface area (Å²) in [5.74, 6) is 0.211. The molecular formula is C15H21N3O. The summed E-state index contributed by atoms with van der Waals surface area (Å²) < 4.78 is 0. The van der Waals surface area contributed by atoms with Gasteiger partial charge in [-0.05, 0) is 43.7 Å². The van der Waals surface area contributed by atoms with Gasteiger partial charge in [0.15, 0.2) is 0 Å². The summed E-state index contributed by atoms with van der Waals surface area (Å²) in [5.41, 5.74) is 8.93. The number of rotatable bonds is 4. The molecule has 0 saturated heterocycles. The Kier molecular flexibility index (Phi) is 2.97. The highest BCUT2D eigenvalue weighted by Crippen LogP contribution is 2.43. The van der Waals surface area contributed by atoms with Crippen LogP contribution in [0, 0.1) is 5.41 Å². The van der Waals surface area contributed by atoms with Crippen molar-refractivity contribution in [2.75, 3.05) is 30.8 Å². The zero-order valence-electron chi connectivity index (χ0n) is 11.4. The Morgan fingerprint density at radius 1 is 1.42 bits per heavy atom. The second kappa shape index (κ2) is 4.53. The second-order valence-electron chi connectivity index (χ2n) is 5.93. The van der Waals surface area contributed by atoms with Gasteiger partial charge in [0.05, 0.1) is 6.42 Å². The predicted molar refractivity (Wildman–Crippen MR) is 77.1 cm³/mol. The van der Waals surface area contributed by atoms with E-state index in [9.17, 15) is 4.79 Å². The summed E-state index contributed by atoms with van der Waals surface area (Å²) >= 11 is 0. The van der Waals surface area contributed by atoms with Crippen LogP contribution in [-0.2, 0) is 11.2 Å². The largest absolute Gasteiger partial charge is 0.399 e. The van der Waals surface area contributed by atoms with Crippen LogP contribution in [0.25, 0.3) is 0 Å². The first-order chi connectivity index (χ1) is 9.13. The summed E-state index contributed by atoms with van der Waals surface area (Å²) in [5, 5.41) is 3.27. The quantitative estimate of drug-likeness (QED) is 0.807. The monoisotopic (exact) mass is 259 g/mol. The maximum absolute atomic E-state index is 12.2. The average molecular weight is 259 g/mol. The number of anilines is 2. The zero-order valence-corrected chi connectivity index (χ0v) is 11.4. The second-order valence-corrected chi connectivity index (χ2v) is 5.93. The Balaban J connectivity index is 1.84. The minimum Gasteiger partial charge on any atom is -0.399 e. The number of carbonyl (C=O) groups excluding carboxylic acids is 1. The highest BCUT2D eigenvalue weighted by molar-refractivity contribution is 6.01. The third-order valence-corrected chi connectivity index (χ3v) is 4.50. The van der Waals surface area contributed by atoms with Gasteiger partial charge in [0.2, 0.25) is 5.91 Å². The molecule has 102 valence electrons. The van der Waals surface area contributed by atoms with E-state index >= 15 is 0 Å². The first-order valence-corrected chi connectivity index (χ1v) is 6.97. The standard InChI is InChI=1S/C15H21N3O/c1-17-9-15(5-2-6-15)10-18-13-4-3-12(16)7-11(13)8-14(18)19/h3-4,7,17H,2,5-6,8-10,16H2,1H3. The van der Waals surface area contributed by atoms with Crippen molar-refractivity contribution in [2.45, 2.75) is 25.7 Å². The minimum atomic E-state index is 0.211. The molecule has 0 atom stereocenters. The maximum atomic E-state index is 12.2. The normalized spacial score (nSPS) is 20.3. The molecule has 0 radical (unpaired) electrons. The average Bonchev–Trinajstić information content (AvgIpc) is 2.62. The highest BCUT2D eigenvalue weighted by atomic mass is 16.2. The molecule has 4 heteroatoms. The first-order valence-electron chi connectivity index (χ1n) is 6.97. The molecule has 1 amide bonds. The van der Waals surface area contributed by atoms with Gasteiger partial charge in [-0.1, -0.05) is 6.42 Å². The SMILES string of the molecule is CNCC1(CN2C(=O)Cc3cc(N)ccc32)CCC1. The smallest absolute Gasteiger partial charge is 0.231 e. The number of hydrogen-bond acceptors (Lipinski definition) is 3. The molecule has 4 nitrogen and oxygen atoms in total. The van der Waals surface area contributed by atoms with Crippen LogP contribution >= 0.6 is 0 Å². The summed E-state index contributed by atoms with van der Waals surface area (Å²) in [6.07, 6.45) is 4.19. The Labute approximate surface area is 114 Å². The lowest BCUT2D eigenvalue weighted by atomic mass is 9.68. The number of benzene rings is 1. The van der Waals surface area contributed by atoms with Crippen LogP contribution in [0.5, 0.6) is 0 Å². The molecule has 3 N–H and O–H groups in total. The molecule has 19 heavy (non-hydrogen) atoms. The van der Waals surface area contributed by atoms with Crippen LogP contribution in [0.1, 0.15) is 24.8 Å². The fourth-order valence-electron chi connectivity index (χ4n) is 3.35. The van der Waals surface area contributed by atoms with Crippen LogP contribution in [0.4, 0.5) is 11.4 Å². The molecule has 3 rings (SSSR count). The minimum absolute atomic E-state index is 0.211. The number of nitrogens with zero attached hydrogens (tertiary/aromatic N) is 1. The van der Waals surface area contributed by atoms with Crippen LogP contribution in [0.15, 0.2) is 18.2 Å². The van der Waals surface area contributed by atoms with E-state index < -0.39 is 0 Å². The number of nitrogens with one attached hydrogen (secondary N) is 1. The van der Waals surface area contributed by atoms with Crippen molar-refractivity contribution in [2.24, 2.45) is 5.41 Å². The molecule has 0 spiro atoms.